The molecule has 2 N–H and O–H groups in total. The molecule has 1 saturated heterocycles. The molecule has 2 atom stereocenters. The van der Waals surface area contributed by atoms with E-state index in [9.17, 15) is 8.42 Å². The van der Waals surface area contributed by atoms with Crippen molar-refractivity contribution >= 4 is 9.84 Å². The second-order valence-corrected chi connectivity index (χ2v) is 5.00. The lowest BCUT2D eigenvalue weighted by Crippen LogP contribution is -2.30. The molecule has 0 aliphatic carbocycles. The van der Waals surface area contributed by atoms with E-state index in [2.05, 4.69) is 0 Å². The summed E-state index contributed by atoms with van der Waals surface area (Å²) in [7, 11) is -2.80. The van der Waals surface area contributed by atoms with E-state index in [1.54, 1.807) is 6.92 Å². The number of hydrogen-bond donors (Lipinski definition) is 1. The SMILES string of the molecule is C[C@@H]1[C@@H](N)CCS1(=O)=O. The van der Waals surface area contributed by atoms with Crippen LogP contribution in [0.5, 0.6) is 0 Å². The third-order valence-corrected chi connectivity index (χ3v) is 4.19. The highest BCUT2D eigenvalue weighted by Gasteiger charge is 2.33. The van der Waals surface area contributed by atoms with Crippen LogP contribution in [0, 0.1) is 0 Å². The maximum absolute atomic E-state index is 10.9. The molecule has 3 nitrogen and oxygen atoms in total. The standard InChI is InChI=1S/C5H11NO2S/c1-4-5(6)2-3-9(4,7)8/h4-5H,2-3,6H2,1H3/t4-,5+/m1/s1. The molecule has 0 aromatic carbocycles. The van der Waals surface area contributed by atoms with Crippen molar-refractivity contribution in [3.8, 4) is 0 Å². The van der Waals surface area contributed by atoms with Gasteiger partial charge in [-0.2, -0.15) is 0 Å². The Balaban J connectivity index is 2.87. The van der Waals surface area contributed by atoms with Crippen LogP contribution < -0.4 is 5.73 Å². The second-order valence-electron chi connectivity index (χ2n) is 2.52. The molecule has 0 spiro atoms. The quantitative estimate of drug-likeness (QED) is 0.506. The summed E-state index contributed by atoms with van der Waals surface area (Å²) in [4.78, 5) is 0. The summed E-state index contributed by atoms with van der Waals surface area (Å²) in [6.07, 6.45) is 0.628. The van der Waals surface area contributed by atoms with Gasteiger partial charge in [-0.15, -0.1) is 0 Å². The summed E-state index contributed by atoms with van der Waals surface area (Å²) in [5, 5.41) is -0.322. The van der Waals surface area contributed by atoms with Crippen LogP contribution in [0.3, 0.4) is 0 Å². The number of nitrogens with two attached hydrogens (primary N) is 1. The van der Waals surface area contributed by atoms with Gasteiger partial charge >= 0.3 is 0 Å². The van der Waals surface area contributed by atoms with Crippen molar-refractivity contribution in [3.63, 3.8) is 0 Å². The van der Waals surface area contributed by atoms with E-state index in [0.717, 1.165) is 0 Å². The van der Waals surface area contributed by atoms with Crippen molar-refractivity contribution in [1.82, 2.24) is 0 Å². The Morgan fingerprint density at radius 1 is 1.56 bits per heavy atom. The predicted molar refractivity (Wildman–Crippen MR) is 35.8 cm³/mol. The van der Waals surface area contributed by atoms with Crippen LogP contribution in [0.15, 0.2) is 0 Å². The number of rotatable bonds is 0. The van der Waals surface area contributed by atoms with Crippen LogP contribution in [0.1, 0.15) is 13.3 Å². The van der Waals surface area contributed by atoms with Gasteiger partial charge in [-0.3, -0.25) is 0 Å². The van der Waals surface area contributed by atoms with Gasteiger partial charge in [-0.05, 0) is 13.3 Å². The molecule has 9 heavy (non-hydrogen) atoms. The number of hydrogen-bond acceptors (Lipinski definition) is 3. The summed E-state index contributed by atoms with van der Waals surface area (Å²) in [5.41, 5.74) is 5.47. The molecule has 0 aromatic rings. The Labute approximate surface area is 55.2 Å². The third kappa shape index (κ3) is 1.09. The molecule has 1 aliphatic rings. The first kappa shape index (κ1) is 7.02. The van der Waals surface area contributed by atoms with E-state index in [0.29, 0.717) is 6.42 Å². The Morgan fingerprint density at radius 2 is 2.11 bits per heavy atom. The van der Waals surface area contributed by atoms with Gasteiger partial charge in [0, 0.05) is 6.04 Å². The van der Waals surface area contributed by atoms with E-state index in [-0.39, 0.29) is 17.0 Å². The first-order valence-electron chi connectivity index (χ1n) is 3.01. The molecule has 1 rings (SSSR count). The van der Waals surface area contributed by atoms with E-state index in [1.807, 2.05) is 0 Å². The minimum absolute atomic E-state index is 0.130. The molecule has 4 heteroatoms. The summed E-state index contributed by atoms with van der Waals surface area (Å²) in [5.74, 6) is 0.273. The first-order chi connectivity index (χ1) is 4.04. The van der Waals surface area contributed by atoms with E-state index in [1.165, 1.54) is 0 Å². The van der Waals surface area contributed by atoms with Crippen molar-refractivity contribution in [2.24, 2.45) is 5.73 Å². The van der Waals surface area contributed by atoms with Gasteiger partial charge in [-0.25, -0.2) is 8.42 Å². The molecule has 54 valence electrons. The molecule has 0 bridgehead atoms. The van der Waals surface area contributed by atoms with Crippen molar-refractivity contribution in [2.45, 2.75) is 24.6 Å². The predicted octanol–water partition coefficient (Wildman–Crippen LogP) is -0.479. The normalized spacial score (nSPS) is 41.1. The van der Waals surface area contributed by atoms with Crippen molar-refractivity contribution < 1.29 is 8.42 Å². The zero-order valence-electron chi connectivity index (χ0n) is 5.37. The fraction of sp³-hybridized carbons (Fsp3) is 1.00. The minimum Gasteiger partial charge on any atom is -0.327 e. The van der Waals surface area contributed by atoms with Gasteiger partial charge in [0.25, 0.3) is 0 Å². The van der Waals surface area contributed by atoms with E-state index >= 15 is 0 Å². The Hall–Kier alpha value is -0.0900. The van der Waals surface area contributed by atoms with Gasteiger partial charge in [0.05, 0.1) is 11.0 Å². The highest BCUT2D eigenvalue weighted by molar-refractivity contribution is 7.92. The topological polar surface area (TPSA) is 60.2 Å². The molecule has 0 amide bonds. The zero-order valence-corrected chi connectivity index (χ0v) is 6.19. The average molecular weight is 149 g/mol. The average Bonchev–Trinajstić information content (AvgIpc) is 1.97. The fourth-order valence-electron chi connectivity index (χ4n) is 0.987. The highest BCUT2D eigenvalue weighted by atomic mass is 32.2. The summed E-state index contributed by atoms with van der Waals surface area (Å²) >= 11 is 0. The Kier molecular flexibility index (Phi) is 1.52. The molecule has 0 unspecified atom stereocenters. The molecule has 1 aliphatic heterocycles. The van der Waals surface area contributed by atoms with Gasteiger partial charge in [0.15, 0.2) is 9.84 Å². The third-order valence-electron chi connectivity index (χ3n) is 1.91. The van der Waals surface area contributed by atoms with Crippen LogP contribution in [-0.4, -0.2) is 25.5 Å². The largest absolute Gasteiger partial charge is 0.327 e. The zero-order chi connectivity index (χ0) is 7.07. The molecule has 0 aromatic heterocycles. The van der Waals surface area contributed by atoms with Gasteiger partial charge in [-0.1, -0.05) is 0 Å². The lowest BCUT2D eigenvalue weighted by molar-refractivity contribution is 0.586. The van der Waals surface area contributed by atoms with Crippen LogP contribution >= 0.6 is 0 Å². The lowest BCUT2D eigenvalue weighted by Gasteiger charge is -2.05. The van der Waals surface area contributed by atoms with E-state index in [4.69, 9.17) is 5.73 Å². The Morgan fingerprint density at radius 3 is 2.22 bits per heavy atom. The molecular formula is C5H11NO2S. The maximum Gasteiger partial charge on any atom is 0.154 e. The number of sulfone groups is 1. The van der Waals surface area contributed by atoms with Crippen molar-refractivity contribution in [3.05, 3.63) is 0 Å². The van der Waals surface area contributed by atoms with Gasteiger partial charge in [0.2, 0.25) is 0 Å². The monoisotopic (exact) mass is 149 g/mol. The summed E-state index contributed by atoms with van der Waals surface area (Å²) < 4.78 is 21.8. The van der Waals surface area contributed by atoms with Crippen molar-refractivity contribution in [2.75, 3.05) is 5.75 Å². The van der Waals surface area contributed by atoms with Crippen LogP contribution in [0.4, 0.5) is 0 Å². The molecule has 0 radical (unpaired) electrons. The van der Waals surface area contributed by atoms with Crippen LogP contribution in [0.2, 0.25) is 0 Å². The molecule has 0 saturated carbocycles. The van der Waals surface area contributed by atoms with Gasteiger partial charge < -0.3 is 5.73 Å². The molecule has 1 heterocycles. The van der Waals surface area contributed by atoms with Gasteiger partial charge in [0.1, 0.15) is 0 Å². The summed E-state index contributed by atoms with van der Waals surface area (Å²) in [6.45, 7) is 1.67. The van der Waals surface area contributed by atoms with Crippen LogP contribution in [0.25, 0.3) is 0 Å². The Bertz CT molecular complexity index is 197. The smallest absolute Gasteiger partial charge is 0.154 e. The maximum atomic E-state index is 10.9. The molecule has 1 fully saturated rings. The minimum atomic E-state index is -2.80. The van der Waals surface area contributed by atoms with E-state index < -0.39 is 9.84 Å². The fourth-order valence-corrected chi connectivity index (χ4v) is 2.63. The summed E-state index contributed by atoms with van der Waals surface area (Å²) in [6, 6.07) is -0.130. The lowest BCUT2D eigenvalue weighted by atomic mass is 10.2. The molecular weight excluding hydrogens is 138 g/mol. The highest BCUT2D eigenvalue weighted by Crippen LogP contribution is 2.17. The van der Waals surface area contributed by atoms with Crippen molar-refractivity contribution in [1.29, 1.82) is 0 Å². The first-order valence-corrected chi connectivity index (χ1v) is 4.73. The second kappa shape index (κ2) is 1.95. The van der Waals surface area contributed by atoms with Crippen LogP contribution in [-0.2, 0) is 9.84 Å².